The van der Waals surface area contributed by atoms with Gasteiger partial charge in [0.1, 0.15) is 0 Å². The number of hydrogen-bond acceptors (Lipinski definition) is 0. The van der Waals surface area contributed by atoms with Crippen molar-refractivity contribution < 1.29 is 0 Å². The second kappa shape index (κ2) is 2.38. The van der Waals surface area contributed by atoms with Crippen molar-refractivity contribution in [2.75, 3.05) is 0 Å². The van der Waals surface area contributed by atoms with Crippen LogP contribution < -0.4 is 0 Å². The molecule has 0 aliphatic heterocycles. The van der Waals surface area contributed by atoms with Crippen molar-refractivity contribution in [3.63, 3.8) is 0 Å². The average Bonchev–Trinajstić information content (AvgIpc) is 1.80. The van der Waals surface area contributed by atoms with Crippen LogP contribution in [0.25, 0.3) is 0 Å². The van der Waals surface area contributed by atoms with E-state index in [9.17, 15) is 0 Å². The topological polar surface area (TPSA) is 0 Å². The zero-order valence-electron chi connectivity index (χ0n) is 6.22. The number of rotatable bonds is 0. The lowest BCUT2D eigenvalue weighted by atomic mass is 9.85. The van der Waals surface area contributed by atoms with E-state index in [1.54, 1.807) is 0 Å². The summed E-state index contributed by atoms with van der Waals surface area (Å²) >= 11 is 0. The van der Waals surface area contributed by atoms with Crippen LogP contribution in [-0.2, 0) is 0 Å². The lowest BCUT2D eigenvalue weighted by Crippen LogP contribution is -2.09. The molecule has 0 bridgehead atoms. The fourth-order valence-electron chi connectivity index (χ4n) is 1.15. The molecule has 50 valence electrons. The molecular weight excluding hydrogens is 108 g/mol. The van der Waals surface area contributed by atoms with Gasteiger partial charge in [0.2, 0.25) is 0 Å². The summed E-state index contributed by atoms with van der Waals surface area (Å²) in [4.78, 5) is 0. The van der Waals surface area contributed by atoms with E-state index in [1.165, 1.54) is 12.0 Å². The summed E-state index contributed by atoms with van der Waals surface area (Å²) in [5.74, 6) is 1.54. The molecule has 0 saturated carbocycles. The second-order valence-electron chi connectivity index (χ2n) is 3.06. The molecule has 9 heavy (non-hydrogen) atoms. The lowest BCUT2D eigenvalue weighted by Gasteiger charge is -2.20. The summed E-state index contributed by atoms with van der Waals surface area (Å²) in [7, 11) is 0. The standard InChI is InChI=1S/C9H14/c1-7-4-5-8(2)9(3)6-7/h4-5,8-9H,1,6H2,2-3H3. The van der Waals surface area contributed by atoms with Crippen LogP contribution >= 0.6 is 0 Å². The van der Waals surface area contributed by atoms with E-state index in [0.717, 1.165) is 11.8 Å². The molecule has 0 aromatic heterocycles. The van der Waals surface area contributed by atoms with Gasteiger partial charge in [-0.15, -0.1) is 0 Å². The Morgan fingerprint density at radius 3 is 2.67 bits per heavy atom. The summed E-state index contributed by atoms with van der Waals surface area (Å²) < 4.78 is 0. The first-order chi connectivity index (χ1) is 4.20. The molecule has 2 unspecified atom stereocenters. The van der Waals surface area contributed by atoms with Gasteiger partial charge < -0.3 is 0 Å². The summed E-state index contributed by atoms with van der Waals surface area (Å²) in [6.07, 6.45) is 5.57. The highest BCUT2D eigenvalue weighted by Crippen LogP contribution is 2.25. The Hall–Kier alpha value is -0.520. The summed E-state index contributed by atoms with van der Waals surface area (Å²) in [5, 5.41) is 0. The third-order valence-electron chi connectivity index (χ3n) is 2.12. The molecule has 0 fully saturated rings. The third-order valence-corrected chi connectivity index (χ3v) is 2.12. The zero-order valence-corrected chi connectivity index (χ0v) is 6.22. The maximum absolute atomic E-state index is 3.91. The van der Waals surface area contributed by atoms with E-state index in [2.05, 4.69) is 32.6 Å². The van der Waals surface area contributed by atoms with Gasteiger partial charge in [-0.05, 0) is 18.3 Å². The van der Waals surface area contributed by atoms with Crippen molar-refractivity contribution in [1.29, 1.82) is 0 Å². The van der Waals surface area contributed by atoms with E-state index in [1.807, 2.05) is 0 Å². The van der Waals surface area contributed by atoms with E-state index in [0.29, 0.717) is 0 Å². The van der Waals surface area contributed by atoms with Crippen LogP contribution in [0.15, 0.2) is 24.3 Å². The van der Waals surface area contributed by atoms with Gasteiger partial charge in [0.05, 0.1) is 0 Å². The molecule has 1 aliphatic carbocycles. The van der Waals surface area contributed by atoms with Crippen molar-refractivity contribution in [3.05, 3.63) is 24.3 Å². The van der Waals surface area contributed by atoms with Crippen LogP contribution in [-0.4, -0.2) is 0 Å². The Morgan fingerprint density at radius 1 is 1.56 bits per heavy atom. The first-order valence-electron chi connectivity index (χ1n) is 3.56. The molecule has 0 heteroatoms. The van der Waals surface area contributed by atoms with Crippen molar-refractivity contribution in [2.24, 2.45) is 11.8 Å². The molecule has 0 aromatic rings. The second-order valence-corrected chi connectivity index (χ2v) is 3.06. The van der Waals surface area contributed by atoms with E-state index in [-0.39, 0.29) is 0 Å². The van der Waals surface area contributed by atoms with E-state index in [4.69, 9.17) is 0 Å². The Morgan fingerprint density at radius 2 is 2.22 bits per heavy atom. The molecule has 0 nitrogen and oxygen atoms in total. The SMILES string of the molecule is C=C1C=CC(C)C(C)C1. The number of allylic oxidation sites excluding steroid dienone is 3. The predicted molar refractivity (Wildman–Crippen MR) is 41.2 cm³/mol. The predicted octanol–water partition coefficient (Wildman–Crippen LogP) is 2.77. The fraction of sp³-hybridized carbons (Fsp3) is 0.556. The first kappa shape index (κ1) is 6.60. The smallest absolute Gasteiger partial charge is 0.0230 e. The molecule has 2 atom stereocenters. The summed E-state index contributed by atoms with van der Waals surface area (Å²) in [6.45, 7) is 8.45. The highest BCUT2D eigenvalue weighted by molar-refractivity contribution is 5.19. The monoisotopic (exact) mass is 122 g/mol. The molecule has 1 rings (SSSR count). The molecular formula is C9H14. The molecule has 0 spiro atoms. The van der Waals surface area contributed by atoms with Gasteiger partial charge in [0.15, 0.2) is 0 Å². The minimum atomic E-state index is 0.746. The van der Waals surface area contributed by atoms with Crippen molar-refractivity contribution >= 4 is 0 Å². The molecule has 1 aliphatic rings. The number of hydrogen-bond donors (Lipinski definition) is 0. The van der Waals surface area contributed by atoms with Crippen LogP contribution in [0.5, 0.6) is 0 Å². The van der Waals surface area contributed by atoms with Gasteiger partial charge in [-0.1, -0.05) is 38.2 Å². The maximum atomic E-state index is 3.91. The highest BCUT2D eigenvalue weighted by atomic mass is 14.2. The molecule has 0 N–H and O–H groups in total. The van der Waals surface area contributed by atoms with Gasteiger partial charge in [0.25, 0.3) is 0 Å². The van der Waals surface area contributed by atoms with Crippen LogP contribution in [0.2, 0.25) is 0 Å². The Labute approximate surface area is 57.3 Å². The third kappa shape index (κ3) is 1.44. The Kier molecular flexibility index (Phi) is 1.75. The van der Waals surface area contributed by atoms with Crippen LogP contribution in [0, 0.1) is 11.8 Å². The zero-order chi connectivity index (χ0) is 6.85. The molecule has 0 heterocycles. The van der Waals surface area contributed by atoms with Crippen LogP contribution in [0.1, 0.15) is 20.3 Å². The van der Waals surface area contributed by atoms with Gasteiger partial charge in [0, 0.05) is 0 Å². The Bertz CT molecular complexity index is 142. The highest BCUT2D eigenvalue weighted by Gasteiger charge is 2.13. The van der Waals surface area contributed by atoms with Crippen LogP contribution in [0.3, 0.4) is 0 Å². The average molecular weight is 122 g/mol. The van der Waals surface area contributed by atoms with Crippen molar-refractivity contribution in [1.82, 2.24) is 0 Å². The largest absolute Gasteiger partial charge is 0.0958 e. The maximum Gasteiger partial charge on any atom is -0.0230 e. The molecule has 0 aromatic carbocycles. The quantitative estimate of drug-likeness (QED) is 0.463. The van der Waals surface area contributed by atoms with Gasteiger partial charge in [-0.2, -0.15) is 0 Å². The van der Waals surface area contributed by atoms with Gasteiger partial charge in [-0.25, -0.2) is 0 Å². The molecule has 0 amide bonds. The minimum Gasteiger partial charge on any atom is -0.0958 e. The molecule has 0 saturated heterocycles. The van der Waals surface area contributed by atoms with Crippen molar-refractivity contribution in [3.8, 4) is 0 Å². The Balaban J connectivity index is 2.65. The van der Waals surface area contributed by atoms with Gasteiger partial charge >= 0.3 is 0 Å². The summed E-state index contributed by atoms with van der Waals surface area (Å²) in [5.41, 5.74) is 1.28. The normalized spacial score (nSPS) is 35.1. The fourth-order valence-corrected chi connectivity index (χ4v) is 1.15. The van der Waals surface area contributed by atoms with E-state index >= 15 is 0 Å². The molecule has 0 radical (unpaired) electrons. The lowest BCUT2D eigenvalue weighted by molar-refractivity contribution is 0.448. The van der Waals surface area contributed by atoms with Crippen molar-refractivity contribution in [2.45, 2.75) is 20.3 Å². The summed E-state index contributed by atoms with van der Waals surface area (Å²) in [6, 6.07) is 0. The minimum absolute atomic E-state index is 0.746. The van der Waals surface area contributed by atoms with E-state index < -0.39 is 0 Å². The van der Waals surface area contributed by atoms with Gasteiger partial charge in [-0.3, -0.25) is 0 Å². The first-order valence-corrected chi connectivity index (χ1v) is 3.56. The van der Waals surface area contributed by atoms with Crippen LogP contribution in [0.4, 0.5) is 0 Å².